The van der Waals surface area contributed by atoms with Crippen LogP contribution in [0.15, 0.2) is 53.4 Å². The van der Waals surface area contributed by atoms with Crippen LogP contribution in [0.3, 0.4) is 0 Å². The highest BCUT2D eigenvalue weighted by molar-refractivity contribution is 7.86. The van der Waals surface area contributed by atoms with Gasteiger partial charge in [0.05, 0.1) is 37.9 Å². The van der Waals surface area contributed by atoms with Crippen molar-refractivity contribution in [3.8, 4) is 0 Å². The van der Waals surface area contributed by atoms with Crippen molar-refractivity contribution < 1.29 is 22.1 Å². The zero-order chi connectivity index (χ0) is 21.1. The van der Waals surface area contributed by atoms with Crippen LogP contribution >= 0.6 is 0 Å². The molecule has 0 fully saturated rings. The molecule has 0 bridgehead atoms. The molecule has 0 aliphatic rings. The van der Waals surface area contributed by atoms with Gasteiger partial charge in [0.25, 0.3) is 10.1 Å². The summed E-state index contributed by atoms with van der Waals surface area (Å²) < 4.78 is 40.1. The van der Waals surface area contributed by atoms with Crippen LogP contribution in [0, 0.1) is 13.8 Å². The first-order chi connectivity index (χ1) is 13.9. The van der Waals surface area contributed by atoms with E-state index in [1.807, 2.05) is 6.92 Å². The minimum absolute atomic E-state index is 0.0207. The topological polar surface area (TPSA) is 65.1 Å². The summed E-state index contributed by atoms with van der Waals surface area (Å²) in [5.74, 6) is 0. The molecule has 0 aliphatic carbocycles. The fourth-order valence-electron chi connectivity index (χ4n) is 2.77. The predicted molar refractivity (Wildman–Crippen MR) is 115 cm³/mol. The summed E-state index contributed by atoms with van der Waals surface area (Å²) in [5.41, 5.74) is 3.43. The van der Waals surface area contributed by atoms with E-state index < -0.39 is 10.1 Å². The number of ether oxygens (including phenoxy) is 2. The summed E-state index contributed by atoms with van der Waals surface area (Å²) in [7, 11) is -3.74. The van der Waals surface area contributed by atoms with E-state index in [4.69, 9.17) is 13.7 Å². The van der Waals surface area contributed by atoms with Crippen LogP contribution < -0.4 is 4.90 Å². The Morgan fingerprint density at radius 2 is 1.48 bits per heavy atom. The molecule has 0 aliphatic heterocycles. The Kier molecular flexibility index (Phi) is 9.60. The quantitative estimate of drug-likeness (QED) is 0.364. The van der Waals surface area contributed by atoms with E-state index in [-0.39, 0.29) is 18.1 Å². The Hall–Kier alpha value is -1.93. The number of benzene rings is 2. The SMILES string of the molecule is CCN(CCOCCOCCOS(=O)(=O)c1ccc(C)cc1)c1cccc(C)c1. The van der Waals surface area contributed by atoms with Crippen LogP contribution in [0.4, 0.5) is 5.69 Å². The molecule has 0 saturated carbocycles. The van der Waals surface area contributed by atoms with Gasteiger partial charge in [-0.05, 0) is 50.6 Å². The fraction of sp³-hybridized carbons (Fsp3) is 0.455. The molecule has 0 heterocycles. The molecule has 0 amide bonds. The van der Waals surface area contributed by atoms with Gasteiger partial charge in [-0.1, -0.05) is 29.8 Å². The van der Waals surface area contributed by atoms with E-state index in [1.165, 1.54) is 23.4 Å². The number of likely N-dealkylation sites (N-methyl/N-ethyl adjacent to an activating group) is 1. The maximum absolute atomic E-state index is 12.0. The highest BCUT2D eigenvalue weighted by atomic mass is 32.2. The summed E-state index contributed by atoms with van der Waals surface area (Å²) in [6.07, 6.45) is 0. The van der Waals surface area contributed by atoms with Gasteiger partial charge in [-0.25, -0.2) is 0 Å². The van der Waals surface area contributed by atoms with Crippen LogP contribution in [0.5, 0.6) is 0 Å². The summed E-state index contributed by atoms with van der Waals surface area (Å²) in [5, 5.41) is 0. The van der Waals surface area contributed by atoms with Crippen molar-refractivity contribution in [2.24, 2.45) is 0 Å². The van der Waals surface area contributed by atoms with Gasteiger partial charge in [0.1, 0.15) is 0 Å². The van der Waals surface area contributed by atoms with Gasteiger partial charge in [-0.2, -0.15) is 8.42 Å². The molecule has 6 nitrogen and oxygen atoms in total. The van der Waals surface area contributed by atoms with Crippen LogP contribution in [-0.2, 0) is 23.8 Å². The van der Waals surface area contributed by atoms with Gasteiger partial charge >= 0.3 is 0 Å². The molecule has 0 unspecified atom stereocenters. The summed E-state index contributed by atoms with van der Waals surface area (Å²) in [6, 6.07) is 15.0. The first kappa shape index (κ1) is 23.3. The number of hydrogen-bond donors (Lipinski definition) is 0. The lowest BCUT2D eigenvalue weighted by atomic mass is 10.2. The standard InChI is InChI=1S/C22H31NO5S/c1-4-23(21-7-5-6-20(3)18-21)12-13-26-14-15-27-16-17-28-29(24,25)22-10-8-19(2)9-11-22/h5-11,18H,4,12-17H2,1-3H3. The second-order valence-electron chi connectivity index (χ2n) is 6.73. The summed E-state index contributed by atoms with van der Waals surface area (Å²) in [4.78, 5) is 2.41. The third-order valence-corrected chi connectivity index (χ3v) is 5.73. The van der Waals surface area contributed by atoms with Gasteiger partial charge in [0, 0.05) is 18.8 Å². The number of aryl methyl sites for hydroxylation is 2. The average molecular weight is 422 g/mol. The molecule has 0 spiro atoms. The lowest BCUT2D eigenvalue weighted by Gasteiger charge is -2.23. The second kappa shape index (κ2) is 11.9. The minimum atomic E-state index is -3.74. The highest BCUT2D eigenvalue weighted by Gasteiger charge is 2.14. The second-order valence-corrected chi connectivity index (χ2v) is 8.35. The van der Waals surface area contributed by atoms with Crippen LogP contribution in [0.25, 0.3) is 0 Å². The Balaban J connectivity index is 1.56. The molecule has 0 radical (unpaired) electrons. The van der Waals surface area contributed by atoms with Crippen molar-refractivity contribution in [1.82, 2.24) is 0 Å². The van der Waals surface area contributed by atoms with E-state index in [1.54, 1.807) is 12.1 Å². The Labute approximate surface area is 174 Å². The van der Waals surface area contributed by atoms with Crippen molar-refractivity contribution in [2.75, 3.05) is 51.0 Å². The first-order valence-electron chi connectivity index (χ1n) is 9.85. The molecule has 29 heavy (non-hydrogen) atoms. The van der Waals surface area contributed by atoms with Gasteiger partial charge in [0.2, 0.25) is 0 Å². The van der Waals surface area contributed by atoms with Crippen molar-refractivity contribution >= 4 is 15.8 Å². The number of hydrogen-bond acceptors (Lipinski definition) is 6. The molecular weight excluding hydrogens is 390 g/mol. The fourth-order valence-corrected chi connectivity index (χ4v) is 3.66. The normalized spacial score (nSPS) is 11.6. The van der Waals surface area contributed by atoms with E-state index in [2.05, 4.69) is 43.0 Å². The lowest BCUT2D eigenvalue weighted by molar-refractivity contribution is 0.0392. The molecular formula is C22H31NO5S. The molecule has 2 rings (SSSR count). The zero-order valence-electron chi connectivity index (χ0n) is 17.5. The summed E-state index contributed by atoms with van der Waals surface area (Å²) >= 11 is 0. The van der Waals surface area contributed by atoms with Crippen molar-refractivity contribution in [1.29, 1.82) is 0 Å². The van der Waals surface area contributed by atoms with Crippen LogP contribution in [-0.4, -0.2) is 54.5 Å². The minimum Gasteiger partial charge on any atom is -0.377 e. The molecule has 0 saturated heterocycles. The van der Waals surface area contributed by atoms with Gasteiger partial charge in [-0.3, -0.25) is 4.18 Å². The lowest BCUT2D eigenvalue weighted by Crippen LogP contribution is -2.27. The van der Waals surface area contributed by atoms with Crippen LogP contribution in [0.2, 0.25) is 0 Å². The first-order valence-corrected chi connectivity index (χ1v) is 11.3. The van der Waals surface area contributed by atoms with E-state index >= 15 is 0 Å². The van der Waals surface area contributed by atoms with Gasteiger partial charge in [-0.15, -0.1) is 0 Å². The van der Waals surface area contributed by atoms with E-state index in [9.17, 15) is 8.42 Å². The third-order valence-electron chi connectivity index (χ3n) is 4.40. The van der Waals surface area contributed by atoms with Crippen molar-refractivity contribution in [3.05, 3.63) is 59.7 Å². The average Bonchev–Trinajstić information content (AvgIpc) is 2.70. The molecule has 7 heteroatoms. The number of rotatable bonds is 13. The zero-order valence-corrected chi connectivity index (χ0v) is 18.3. The monoisotopic (exact) mass is 421 g/mol. The Morgan fingerprint density at radius 3 is 2.14 bits per heavy atom. The van der Waals surface area contributed by atoms with Gasteiger partial charge < -0.3 is 14.4 Å². The van der Waals surface area contributed by atoms with Crippen molar-refractivity contribution in [3.63, 3.8) is 0 Å². The molecule has 0 atom stereocenters. The molecule has 0 aromatic heterocycles. The predicted octanol–water partition coefficient (Wildman–Crippen LogP) is 3.57. The van der Waals surface area contributed by atoms with Crippen LogP contribution in [0.1, 0.15) is 18.1 Å². The highest BCUT2D eigenvalue weighted by Crippen LogP contribution is 2.15. The largest absolute Gasteiger partial charge is 0.377 e. The maximum atomic E-state index is 12.0. The smallest absolute Gasteiger partial charge is 0.297 e. The molecule has 0 N–H and O–H groups in total. The number of nitrogens with zero attached hydrogens (tertiary/aromatic N) is 1. The molecule has 2 aromatic rings. The van der Waals surface area contributed by atoms with Crippen molar-refractivity contribution in [2.45, 2.75) is 25.7 Å². The van der Waals surface area contributed by atoms with E-state index in [0.29, 0.717) is 19.8 Å². The van der Waals surface area contributed by atoms with Gasteiger partial charge in [0.15, 0.2) is 0 Å². The Morgan fingerprint density at radius 1 is 0.828 bits per heavy atom. The molecule has 2 aromatic carbocycles. The maximum Gasteiger partial charge on any atom is 0.297 e. The Bertz CT molecular complexity index is 837. The summed E-state index contributed by atoms with van der Waals surface area (Å²) in [6.45, 7) is 9.44. The molecule has 160 valence electrons. The number of anilines is 1. The third kappa shape index (κ3) is 8.14. The van der Waals surface area contributed by atoms with E-state index in [0.717, 1.165) is 18.7 Å².